The highest BCUT2D eigenvalue weighted by Gasteiger charge is 2.27. The molecule has 0 spiro atoms. The zero-order valence-corrected chi connectivity index (χ0v) is 17.9. The van der Waals surface area contributed by atoms with Crippen LogP contribution in [-0.4, -0.2) is 12.6 Å². The smallest absolute Gasteiger partial charge is 0.119 e. The summed E-state index contributed by atoms with van der Waals surface area (Å²) in [5.41, 5.74) is 8.19. The molecule has 1 N–H and O–H groups in total. The summed E-state index contributed by atoms with van der Waals surface area (Å²) in [6, 6.07) is 25.4. The van der Waals surface area contributed by atoms with Crippen molar-refractivity contribution in [1.29, 1.82) is 0 Å². The molecule has 0 aliphatic heterocycles. The van der Waals surface area contributed by atoms with Gasteiger partial charge in [0, 0.05) is 18.5 Å². The quantitative estimate of drug-likeness (QED) is 0.497. The van der Waals surface area contributed by atoms with Gasteiger partial charge in [0.2, 0.25) is 0 Å². The first-order valence-corrected chi connectivity index (χ1v) is 11.4. The molecule has 0 amide bonds. The fourth-order valence-electron chi connectivity index (χ4n) is 4.83. The van der Waals surface area contributed by atoms with Crippen molar-refractivity contribution in [1.82, 2.24) is 5.32 Å². The van der Waals surface area contributed by atoms with Gasteiger partial charge in [0.25, 0.3) is 0 Å². The van der Waals surface area contributed by atoms with E-state index in [0.717, 1.165) is 24.6 Å². The van der Waals surface area contributed by atoms with Crippen LogP contribution in [0.5, 0.6) is 5.75 Å². The van der Waals surface area contributed by atoms with Crippen molar-refractivity contribution < 1.29 is 4.74 Å². The van der Waals surface area contributed by atoms with E-state index in [2.05, 4.69) is 79.0 Å². The van der Waals surface area contributed by atoms with Gasteiger partial charge in [-0.05, 0) is 78.1 Å². The Hall–Kier alpha value is -2.58. The van der Waals surface area contributed by atoms with E-state index in [1.54, 1.807) is 0 Å². The van der Waals surface area contributed by atoms with Crippen molar-refractivity contribution in [3.05, 3.63) is 89.0 Å². The van der Waals surface area contributed by atoms with E-state index in [0.29, 0.717) is 12.6 Å². The number of benzene rings is 3. The maximum absolute atomic E-state index is 6.12. The van der Waals surface area contributed by atoms with Gasteiger partial charge in [-0.1, -0.05) is 61.0 Å². The van der Waals surface area contributed by atoms with Gasteiger partial charge in [-0.25, -0.2) is 0 Å². The molecule has 154 valence electrons. The van der Waals surface area contributed by atoms with E-state index in [-0.39, 0.29) is 0 Å². The number of fused-ring (bicyclic) bond motifs is 1. The third kappa shape index (κ3) is 4.15. The van der Waals surface area contributed by atoms with E-state index < -0.39 is 0 Å². The second-order valence-corrected chi connectivity index (χ2v) is 8.86. The summed E-state index contributed by atoms with van der Waals surface area (Å²) in [5.74, 6) is 1.01. The minimum Gasteiger partial charge on any atom is -0.493 e. The van der Waals surface area contributed by atoms with Gasteiger partial charge in [-0.3, -0.25) is 0 Å². The molecule has 1 atom stereocenters. The monoisotopic (exact) mass is 397 g/mol. The van der Waals surface area contributed by atoms with E-state index in [1.807, 2.05) is 0 Å². The number of hydrogen-bond acceptors (Lipinski definition) is 2. The Morgan fingerprint density at radius 1 is 0.933 bits per heavy atom. The third-order valence-electron chi connectivity index (χ3n) is 6.77. The number of nitrogens with one attached hydrogen (secondary N) is 1. The van der Waals surface area contributed by atoms with Crippen molar-refractivity contribution in [2.45, 2.75) is 57.5 Å². The van der Waals surface area contributed by atoms with E-state index >= 15 is 0 Å². The lowest BCUT2D eigenvalue weighted by Gasteiger charge is -2.30. The summed E-state index contributed by atoms with van der Waals surface area (Å²) >= 11 is 0. The summed E-state index contributed by atoms with van der Waals surface area (Å²) in [6.45, 7) is 2.91. The van der Waals surface area contributed by atoms with Gasteiger partial charge in [-0.2, -0.15) is 0 Å². The lowest BCUT2D eigenvalue weighted by atomic mass is 9.92. The Morgan fingerprint density at radius 2 is 1.80 bits per heavy atom. The Balaban J connectivity index is 1.18. The van der Waals surface area contributed by atoms with Crippen molar-refractivity contribution >= 4 is 0 Å². The molecule has 3 aromatic rings. The highest BCUT2D eigenvalue weighted by molar-refractivity contribution is 5.67. The molecule has 2 aliphatic rings. The van der Waals surface area contributed by atoms with Crippen LogP contribution in [0.2, 0.25) is 0 Å². The van der Waals surface area contributed by atoms with E-state index in [1.165, 1.54) is 59.1 Å². The average Bonchev–Trinajstić information content (AvgIpc) is 3.13. The highest BCUT2D eigenvalue weighted by Crippen LogP contribution is 2.35. The molecule has 0 radical (unpaired) electrons. The number of aryl methyl sites for hydroxylation is 2. The largest absolute Gasteiger partial charge is 0.493 e. The lowest BCUT2D eigenvalue weighted by Crippen LogP contribution is -2.37. The summed E-state index contributed by atoms with van der Waals surface area (Å²) in [6.07, 6.45) is 7.40. The SMILES string of the molecule is Cc1cc(CCOc2ccc3c(c2)CCC3NC2CCC2)ccc1-c1ccccc1. The van der Waals surface area contributed by atoms with Gasteiger partial charge in [-0.15, -0.1) is 0 Å². The molecule has 30 heavy (non-hydrogen) atoms. The standard InChI is InChI=1S/C28H31NO/c1-20-18-21(10-13-26(20)22-6-3-2-4-7-22)16-17-30-25-12-14-27-23(19-25)11-15-28(27)29-24-8-5-9-24/h2-4,6-7,10,12-14,18-19,24,28-29H,5,8-9,11,15-17H2,1H3. The fraction of sp³-hybridized carbons (Fsp3) is 0.357. The van der Waals surface area contributed by atoms with Crippen LogP contribution in [0.4, 0.5) is 0 Å². The van der Waals surface area contributed by atoms with Crippen molar-refractivity contribution in [2.75, 3.05) is 6.61 Å². The van der Waals surface area contributed by atoms with Crippen LogP contribution in [0.1, 0.15) is 54.0 Å². The maximum Gasteiger partial charge on any atom is 0.119 e. The van der Waals surface area contributed by atoms with Crippen LogP contribution >= 0.6 is 0 Å². The Labute approximate surface area is 180 Å². The molecule has 2 nitrogen and oxygen atoms in total. The molecule has 5 rings (SSSR count). The van der Waals surface area contributed by atoms with Crippen LogP contribution in [0.3, 0.4) is 0 Å². The van der Waals surface area contributed by atoms with Gasteiger partial charge in [0.05, 0.1) is 6.61 Å². The molecule has 1 fully saturated rings. The Kier molecular flexibility index (Phi) is 5.59. The average molecular weight is 398 g/mol. The summed E-state index contributed by atoms with van der Waals surface area (Å²) in [7, 11) is 0. The number of rotatable bonds is 7. The number of hydrogen-bond donors (Lipinski definition) is 1. The van der Waals surface area contributed by atoms with Crippen LogP contribution in [-0.2, 0) is 12.8 Å². The minimum absolute atomic E-state index is 0.547. The zero-order valence-electron chi connectivity index (χ0n) is 17.9. The van der Waals surface area contributed by atoms with Crippen LogP contribution in [0, 0.1) is 6.92 Å². The fourth-order valence-corrected chi connectivity index (χ4v) is 4.83. The zero-order chi connectivity index (χ0) is 20.3. The second kappa shape index (κ2) is 8.65. The Morgan fingerprint density at radius 3 is 2.57 bits per heavy atom. The van der Waals surface area contributed by atoms with Crippen molar-refractivity contribution in [2.24, 2.45) is 0 Å². The molecular weight excluding hydrogens is 366 g/mol. The predicted molar refractivity (Wildman–Crippen MR) is 124 cm³/mol. The summed E-state index contributed by atoms with van der Waals surface area (Å²) < 4.78 is 6.12. The van der Waals surface area contributed by atoms with Gasteiger partial charge in [0.15, 0.2) is 0 Å². The molecule has 3 aromatic carbocycles. The normalized spacial score (nSPS) is 18.1. The summed E-state index contributed by atoms with van der Waals surface area (Å²) in [4.78, 5) is 0. The molecule has 2 aliphatic carbocycles. The van der Waals surface area contributed by atoms with Crippen LogP contribution < -0.4 is 10.1 Å². The van der Waals surface area contributed by atoms with Gasteiger partial charge >= 0.3 is 0 Å². The first-order valence-electron chi connectivity index (χ1n) is 11.4. The van der Waals surface area contributed by atoms with Crippen molar-refractivity contribution in [3.8, 4) is 16.9 Å². The molecule has 0 aromatic heterocycles. The summed E-state index contributed by atoms with van der Waals surface area (Å²) in [5, 5.41) is 3.84. The second-order valence-electron chi connectivity index (χ2n) is 8.86. The van der Waals surface area contributed by atoms with E-state index in [9.17, 15) is 0 Å². The van der Waals surface area contributed by atoms with Gasteiger partial charge in [0.1, 0.15) is 5.75 Å². The first kappa shape index (κ1) is 19.4. The van der Waals surface area contributed by atoms with E-state index in [4.69, 9.17) is 4.74 Å². The third-order valence-corrected chi connectivity index (χ3v) is 6.77. The first-order chi connectivity index (χ1) is 14.8. The molecular formula is C28H31NO. The molecule has 0 saturated heterocycles. The minimum atomic E-state index is 0.547. The van der Waals surface area contributed by atoms with Crippen LogP contribution in [0.25, 0.3) is 11.1 Å². The van der Waals surface area contributed by atoms with Crippen LogP contribution in [0.15, 0.2) is 66.7 Å². The Bertz CT molecular complexity index is 1010. The molecule has 1 unspecified atom stereocenters. The molecule has 0 bridgehead atoms. The molecule has 1 saturated carbocycles. The topological polar surface area (TPSA) is 21.3 Å². The predicted octanol–water partition coefficient (Wildman–Crippen LogP) is 6.41. The molecule has 2 heteroatoms. The molecule has 0 heterocycles. The van der Waals surface area contributed by atoms with Gasteiger partial charge < -0.3 is 10.1 Å². The lowest BCUT2D eigenvalue weighted by molar-refractivity contribution is 0.304. The maximum atomic E-state index is 6.12. The number of ether oxygens (including phenoxy) is 1. The van der Waals surface area contributed by atoms with Crippen molar-refractivity contribution in [3.63, 3.8) is 0 Å². The highest BCUT2D eigenvalue weighted by atomic mass is 16.5.